The van der Waals surface area contributed by atoms with Crippen molar-refractivity contribution < 1.29 is 25.0 Å². The fourth-order valence-corrected chi connectivity index (χ4v) is 10.2. The lowest BCUT2D eigenvalue weighted by Gasteiger charge is -2.62. The van der Waals surface area contributed by atoms with E-state index in [1.54, 1.807) is 0 Å². The third-order valence-electron chi connectivity index (χ3n) is 12.4. The molecule has 1 amide bonds. The molecule has 42 heavy (non-hydrogen) atoms. The first-order valence-corrected chi connectivity index (χ1v) is 15.7. The minimum Gasteiger partial charge on any atom is -0.493 e. The van der Waals surface area contributed by atoms with Crippen molar-refractivity contribution >= 4 is 28.2 Å². The minimum atomic E-state index is -0.523. The molecule has 1 aromatic carbocycles. The maximum atomic E-state index is 12.8. The molecule has 2 aromatic rings. The van der Waals surface area contributed by atoms with E-state index in [9.17, 15) is 30.2 Å². The number of azo groups is 1. The third kappa shape index (κ3) is 4.75. The molecule has 0 saturated heterocycles. The van der Waals surface area contributed by atoms with Crippen molar-refractivity contribution in [3.8, 4) is 5.88 Å². The topological polar surface area (TPSA) is 161 Å². The number of amides is 1. The Hall–Kier alpha value is -2.85. The zero-order valence-corrected chi connectivity index (χ0v) is 24.8. The Morgan fingerprint density at radius 1 is 1.12 bits per heavy atom. The molecule has 4 saturated carbocycles. The number of aliphatic hydroxyl groups excluding tert-OH is 2. The van der Waals surface area contributed by atoms with Crippen LogP contribution in [0.5, 0.6) is 5.88 Å². The molecule has 0 unspecified atom stereocenters. The highest BCUT2D eigenvalue weighted by Gasteiger charge is 2.62. The Labute approximate surface area is 246 Å². The number of H-pyrrole nitrogens is 1. The van der Waals surface area contributed by atoms with E-state index < -0.39 is 4.92 Å². The van der Waals surface area contributed by atoms with E-state index >= 15 is 0 Å². The number of aromatic amines is 1. The molecule has 1 aromatic heterocycles. The molecular weight excluding hydrogens is 536 g/mol. The Bertz CT molecular complexity index is 1410. The monoisotopic (exact) mass is 580 g/mol. The molecular formula is C32H44N4O6. The number of aliphatic hydroxyl groups is 2. The molecule has 4 aliphatic rings. The van der Waals surface area contributed by atoms with Gasteiger partial charge in [-0.05, 0) is 110 Å². The fourth-order valence-electron chi connectivity index (χ4n) is 10.2. The van der Waals surface area contributed by atoms with Gasteiger partial charge in [-0.3, -0.25) is 14.9 Å². The molecule has 0 aliphatic heterocycles. The van der Waals surface area contributed by atoms with Gasteiger partial charge in [-0.1, -0.05) is 20.8 Å². The summed E-state index contributed by atoms with van der Waals surface area (Å²) in [7, 11) is 0. The molecule has 10 nitrogen and oxygen atoms in total. The average Bonchev–Trinajstić information content (AvgIpc) is 3.46. The molecule has 4 N–H and O–H groups in total. The number of rotatable bonds is 6. The van der Waals surface area contributed by atoms with Crippen molar-refractivity contribution in [2.24, 2.45) is 56.6 Å². The van der Waals surface area contributed by atoms with Gasteiger partial charge in [0, 0.05) is 23.9 Å². The van der Waals surface area contributed by atoms with Crippen LogP contribution in [-0.4, -0.2) is 43.3 Å². The van der Waals surface area contributed by atoms with Crippen molar-refractivity contribution in [2.45, 2.75) is 97.2 Å². The largest absolute Gasteiger partial charge is 0.493 e. The van der Waals surface area contributed by atoms with Gasteiger partial charge in [0.1, 0.15) is 0 Å². The van der Waals surface area contributed by atoms with Gasteiger partial charge in [0.2, 0.25) is 5.88 Å². The van der Waals surface area contributed by atoms with Gasteiger partial charge in [-0.15, -0.1) is 10.2 Å². The second kappa shape index (κ2) is 10.7. The first kappa shape index (κ1) is 29.2. The van der Waals surface area contributed by atoms with Crippen LogP contribution in [-0.2, 0) is 4.79 Å². The van der Waals surface area contributed by atoms with E-state index in [2.05, 4.69) is 36.0 Å². The van der Waals surface area contributed by atoms with Crippen molar-refractivity contribution in [3.63, 3.8) is 0 Å². The SMILES string of the molecule is C[C@H](CCC(=O)N=Nc1c(O)[nH]c2ccc([N+](=O)[O-])cc12)[C@@H]1CC[C@@H]2[C@H]3[C@H](O)C[C@@H]4C[C@@H](O)CC[C@@]4(C)[C@H]3CC[C@@]21C. The number of nitro groups is 1. The summed E-state index contributed by atoms with van der Waals surface area (Å²) >= 11 is 0. The number of hydrogen-bond acceptors (Lipinski definition) is 7. The summed E-state index contributed by atoms with van der Waals surface area (Å²) in [6.45, 7) is 7.09. The van der Waals surface area contributed by atoms with Crippen LogP contribution in [0.4, 0.5) is 11.4 Å². The molecule has 1 heterocycles. The van der Waals surface area contributed by atoms with E-state index in [4.69, 9.17) is 0 Å². The van der Waals surface area contributed by atoms with Gasteiger partial charge >= 0.3 is 0 Å². The highest BCUT2D eigenvalue weighted by atomic mass is 16.6. The predicted octanol–water partition coefficient (Wildman–Crippen LogP) is 6.80. The molecule has 0 spiro atoms. The number of carbonyl (C=O) groups is 1. The van der Waals surface area contributed by atoms with Gasteiger partial charge in [0.15, 0.2) is 5.69 Å². The standard InChI is InChI=1S/C32H44N4O6/c1-17(4-9-27(39)34-35-29-21-16-19(36(41)42)5-8-25(21)33-30(29)40)22-6-7-23-28-24(11-13-32(22,23)3)31(2)12-10-20(37)14-18(31)15-26(28)38/h5,8,16-18,20,22-24,26,28,33,37-38,40H,4,6-7,9-15H2,1-3H3/t17-,18+,20+,22+,23-,24+,26-,28-,31-,32-/m1/s1. The lowest BCUT2D eigenvalue weighted by Crippen LogP contribution is -2.58. The average molecular weight is 581 g/mol. The zero-order valence-electron chi connectivity index (χ0n) is 24.8. The maximum absolute atomic E-state index is 12.8. The van der Waals surface area contributed by atoms with Crippen LogP contribution in [0.3, 0.4) is 0 Å². The van der Waals surface area contributed by atoms with Crippen LogP contribution in [0.25, 0.3) is 10.9 Å². The van der Waals surface area contributed by atoms with E-state index in [0.29, 0.717) is 52.8 Å². The fraction of sp³-hybridized carbons (Fsp3) is 0.719. The normalized spacial score (nSPS) is 38.6. The Morgan fingerprint density at radius 3 is 2.62 bits per heavy atom. The van der Waals surface area contributed by atoms with Crippen LogP contribution in [0.15, 0.2) is 28.4 Å². The number of hydrogen-bond donors (Lipinski definition) is 4. The first-order valence-electron chi connectivity index (χ1n) is 15.7. The summed E-state index contributed by atoms with van der Waals surface area (Å²) in [6, 6.07) is 4.13. The third-order valence-corrected chi connectivity index (χ3v) is 12.4. The highest BCUT2D eigenvalue weighted by molar-refractivity contribution is 5.95. The van der Waals surface area contributed by atoms with E-state index in [0.717, 1.165) is 51.4 Å². The number of nitro benzene ring substituents is 1. The summed E-state index contributed by atoms with van der Waals surface area (Å²) in [5, 5.41) is 51.4. The number of benzene rings is 1. The number of non-ortho nitro benzene ring substituents is 1. The summed E-state index contributed by atoms with van der Waals surface area (Å²) in [5.74, 6) is 1.82. The second-order valence-electron chi connectivity index (χ2n) is 14.4. The summed E-state index contributed by atoms with van der Waals surface area (Å²) in [5.41, 5.74) is 0.694. The minimum absolute atomic E-state index is 0.0208. The number of aromatic nitrogens is 1. The summed E-state index contributed by atoms with van der Waals surface area (Å²) in [4.78, 5) is 26.1. The smallest absolute Gasteiger partial charge is 0.270 e. The van der Waals surface area contributed by atoms with Crippen LogP contribution >= 0.6 is 0 Å². The zero-order chi connectivity index (χ0) is 30.0. The van der Waals surface area contributed by atoms with Crippen molar-refractivity contribution in [1.82, 2.24) is 4.98 Å². The molecule has 4 aliphatic carbocycles. The van der Waals surface area contributed by atoms with E-state index in [1.165, 1.54) is 18.2 Å². The molecule has 4 fully saturated rings. The molecule has 10 atom stereocenters. The van der Waals surface area contributed by atoms with E-state index in [-0.39, 0.29) is 52.6 Å². The quantitative estimate of drug-likeness (QED) is 0.167. The van der Waals surface area contributed by atoms with E-state index in [1.807, 2.05) is 0 Å². The first-order chi connectivity index (χ1) is 19.9. The molecule has 6 rings (SSSR count). The van der Waals surface area contributed by atoms with Gasteiger partial charge in [0.05, 0.1) is 22.6 Å². The summed E-state index contributed by atoms with van der Waals surface area (Å²) < 4.78 is 0. The second-order valence-corrected chi connectivity index (χ2v) is 14.4. The Morgan fingerprint density at radius 2 is 1.86 bits per heavy atom. The predicted molar refractivity (Wildman–Crippen MR) is 157 cm³/mol. The van der Waals surface area contributed by atoms with Crippen LogP contribution in [0.2, 0.25) is 0 Å². The number of nitrogens with zero attached hydrogens (tertiary/aromatic N) is 3. The lowest BCUT2D eigenvalue weighted by molar-refractivity contribution is -0.384. The van der Waals surface area contributed by atoms with Crippen LogP contribution < -0.4 is 0 Å². The molecule has 228 valence electrons. The van der Waals surface area contributed by atoms with Gasteiger partial charge < -0.3 is 20.3 Å². The lowest BCUT2D eigenvalue weighted by atomic mass is 9.43. The van der Waals surface area contributed by atoms with Crippen molar-refractivity contribution in [1.29, 1.82) is 0 Å². The molecule has 0 radical (unpaired) electrons. The number of fused-ring (bicyclic) bond motifs is 6. The van der Waals surface area contributed by atoms with Crippen LogP contribution in [0, 0.1) is 56.5 Å². The highest BCUT2D eigenvalue weighted by Crippen LogP contribution is 2.68. The Balaban J connectivity index is 1.11. The van der Waals surface area contributed by atoms with Gasteiger partial charge in [-0.25, -0.2) is 0 Å². The molecule has 10 heteroatoms. The Kier molecular flexibility index (Phi) is 7.45. The summed E-state index contributed by atoms with van der Waals surface area (Å²) in [6.07, 6.45) is 8.44. The van der Waals surface area contributed by atoms with Crippen molar-refractivity contribution in [3.05, 3.63) is 28.3 Å². The number of aromatic hydroxyl groups is 1. The number of nitrogens with one attached hydrogen (secondary N) is 1. The van der Waals surface area contributed by atoms with Gasteiger partial charge in [0.25, 0.3) is 11.6 Å². The number of carbonyl (C=O) groups excluding carboxylic acids is 1. The van der Waals surface area contributed by atoms with Gasteiger partial charge in [-0.2, -0.15) is 0 Å². The maximum Gasteiger partial charge on any atom is 0.270 e. The molecule has 0 bridgehead atoms. The van der Waals surface area contributed by atoms with Crippen LogP contribution in [0.1, 0.15) is 85.0 Å². The van der Waals surface area contributed by atoms with Crippen molar-refractivity contribution in [2.75, 3.05) is 0 Å².